The van der Waals surface area contributed by atoms with Gasteiger partial charge in [0.1, 0.15) is 0 Å². The SMILES string of the molecule is O=C(CN1CCC(c2nnc(-c3ccco3)o2)CC1)Nc1cccc(Cl)c1Cl. The molecule has 3 aromatic rings. The van der Waals surface area contributed by atoms with Crippen molar-refractivity contribution in [3.8, 4) is 11.7 Å². The summed E-state index contributed by atoms with van der Waals surface area (Å²) in [5.74, 6) is 1.62. The first-order chi connectivity index (χ1) is 13.6. The summed E-state index contributed by atoms with van der Waals surface area (Å²) in [5, 5.41) is 11.8. The number of rotatable bonds is 5. The first-order valence-electron chi connectivity index (χ1n) is 8.93. The van der Waals surface area contributed by atoms with Crippen molar-refractivity contribution in [1.82, 2.24) is 15.1 Å². The molecule has 1 aliphatic heterocycles. The smallest absolute Gasteiger partial charge is 0.283 e. The molecule has 0 unspecified atom stereocenters. The van der Waals surface area contributed by atoms with Gasteiger partial charge in [-0.3, -0.25) is 9.69 Å². The van der Waals surface area contributed by atoms with Crippen LogP contribution in [0.1, 0.15) is 24.7 Å². The number of benzene rings is 1. The van der Waals surface area contributed by atoms with Crippen molar-refractivity contribution >= 4 is 34.8 Å². The zero-order chi connectivity index (χ0) is 19.5. The van der Waals surface area contributed by atoms with Gasteiger partial charge in [0.25, 0.3) is 5.89 Å². The topological polar surface area (TPSA) is 84.4 Å². The minimum Gasteiger partial charge on any atom is -0.459 e. The Hall–Kier alpha value is -2.35. The maximum Gasteiger partial charge on any atom is 0.283 e. The third kappa shape index (κ3) is 4.22. The summed E-state index contributed by atoms with van der Waals surface area (Å²) in [6.45, 7) is 1.82. The Kier molecular flexibility index (Phi) is 5.66. The van der Waals surface area contributed by atoms with E-state index in [0.29, 0.717) is 33.3 Å². The molecule has 28 heavy (non-hydrogen) atoms. The van der Waals surface area contributed by atoms with E-state index in [2.05, 4.69) is 20.4 Å². The Labute approximate surface area is 171 Å². The lowest BCUT2D eigenvalue weighted by atomic mass is 9.97. The lowest BCUT2D eigenvalue weighted by Crippen LogP contribution is -2.38. The van der Waals surface area contributed by atoms with Crippen LogP contribution in [0.5, 0.6) is 0 Å². The largest absolute Gasteiger partial charge is 0.459 e. The van der Waals surface area contributed by atoms with Gasteiger partial charge in [0, 0.05) is 5.92 Å². The molecule has 0 spiro atoms. The van der Waals surface area contributed by atoms with Crippen LogP contribution in [-0.2, 0) is 4.79 Å². The van der Waals surface area contributed by atoms with Crippen LogP contribution >= 0.6 is 23.2 Å². The molecular weight excluding hydrogens is 403 g/mol. The molecule has 3 heterocycles. The summed E-state index contributed by atoms with van der Waals surface area (Å²) in [4.78, 5) is 14.4. The van der Waals surface area contributed by atoms with E-state index in [0.717, 1.165) is 25.9 Å². The highest BCUT2D eigenvalue weighted by Crippen LogP contribution is 2.31. The van der Waals surface area contributed by atoms with Gasteiger partial charge in [-0.05, 0) is 50.2 Å². The van der Waals surface area contributed by atoms with E-state index in [1.54, 1.807) is 36.6 Å². The summed E-state index contributed by atoms with van der Waals surface area (Å²) < 4.78 is 11.0. The van der Waals surface area contributed by atoms with Gasteiger partial charge in [0.15, 0.2) is 5.76 Å². The molecule has 146 valence electrons. The number of furan rings is 1. The predicted molar refractivity (Wildman–Crippen MR) is 106 cm³/mol. The predicted octanol–water partition coefficient (Wildman–Crippen LogP) is 4.45. The molecule has 0 aliphatic carbocycles. The number of likely N-dealkylation sites (tertiary alicyclic amines) is 1. The highest BCUT2D eigenvalue weighted by Gasteiger charge is 2.26. The van der Waals surface area contributed by atoms with Crippen molar-refractivity contribution in [3.05, 3.63) is 52.5 Å². The van der Waals surface area contributed by atoms with Gasteiger partial charge < -0.3 is 14.2 Å². The number of nitrogens with zero attached hydrogens (tertiary/aromatic N) is 3. The molecule has 1 N–H and O–H groups in total. The van der Waals surface area contributed by atoms with E-state index >= 15 is 0 Å². The molecule has 1 aromatic carbocycles. The molecule has 2 aromatic heterocycles. The number of amides is 1. The van der Waals surface area contributed by atoms with Crippen LogP contribution in [0.2, 0.25) is 10.0 Å². The van der Waals surface area contributed by atoms with Crippen molar-refractivity contribution in [3.63, 3.8) is 0 Å². The number of carbonyl (C=O) groups is 1. The molecule has 1 fully saturated rings. The van der Waals surface area contributed by atoms with E-state index in [-0.39, 0.29) is 18.4 Å². The molecule has 1 saturated heterocycles. The van der Waals surface area contributed by atoms with Crippen molar-refractivity contribution in [1.29, 1.82) is 0 Å². The van der Waals surface area contributed by atoms with Crippen LogP contribution in [0.15, 0.2) is 45.4 Å². The molecule has 1 aliphatic rings. The maximum atomic E-state index is 12.3. The van der Waals surface area contributed by atoms with Gasteiger partial charge in [0.2, 0.25) is 11.8 Å². The second-order valence-electron chi connectivity index (χ2n) is 6.62. The first kappa shape index (κ1) is 19.0. The van der Waals surface area contributed by atoms with Crippen molar-refractivity contribution < 1.29 is 13.6 Å². The Morgan fingerprint density at radius 3 is 2.75 bits per heavy atom. The van der Waals surface area contributed by atoms with Crippen LogP contribution in [0.3, 0.4) is 0 Å². The van der Waals surface area contributed by atoms with E-state index in [4.69, 9.17) is 32.0 Å². The number of hydrogen-bond donors (Lipinski definition) is 1. The van der Waals surface area contributed by atoms with Crippen molar-refractivity contribution in [2.24, 2.45) is 0 Å². The normalized spacial score (nSPS) is 15.6. The molecule has 9 heteroatoms. The number of aromatic nitrogens is 2. The van der Waals surface area contributed by atoms with Crippen molar-refractivity contribution in [2.75, 3.05) is 25.0 Å². The summed E-state index contributed by atoms with van der Waals surface area (Å²) in [6, 6.07) is 8.71. The van der Waals surface area contributed by atoms with Gasteiger partial charge in [-0.25, -0.2) is 0 Å². The fourth-order valence-electron chi connectivity index (χ4n) is 3.23. The molecule has 0 saturated carbocycles. The van der Waals surface area contributed by atoms with Crippen LogP contribution in [0.4, 0.5) is 5.69 Å². The van der Waals surface area contributed by atoms with Crippen LogP contribution in [-0.4, -0.2) is 40.6 Å². The second kappa shape index (κ2) is 8.34. The fourth-order valence-corrected chi connectivity index (χ4v) is 3.58. The zero-order valence-electron chi connectivity index (χ0n) is 14.9. The van der Waals surface area contributed by atoms with E-state index in [9.17, 15) is 4.79 Å². The lowest BCUT2D eigenvalue weighted by Gasteiger charge is -2.29. The molecule has 4 rings (SSSR count). The summed E-state index contributed by atoms with van der Waals surface area (Å²) >= 11 is 12.1. The molecular formula is C19H18Cl2N4O3. The van der Waals surface area contributed by atoms with E-state index in [1.807, 2.05) is 0 Å². The second-order valence-corrected chi connectivity index (χ2v) is 7.41. The quantitative estimate of drug-likeness (QED) is 0.655. The van der Waals surface area contributed by atoms with Crippen LogP contribution < -0.4 is 5.32 Å². The molecule has 0 radical (unpaired) electrons. The van der Waals surface area contributed by atoms with Crippen LogP contribution in [0, 0.1) is 0 Å². The van der Waals surface area contributed by atoms with E-state index < -0.39 is 0 Å². The van der Waals surface area contributed by atoms with Gasteiger partial charge >= 0.3 is 0 Å². The number of nitrogens with one attached hydrogen (secondary N) is 1. The molecule has 0 atom stereocenters. The Bertz CT molecular complexity index is 950. The average molecular weight is 421 g/mol. The standard InChI is InChI=1S/C19H18Cl2N4O3/c20-13-3-1-4-14(17(13)21)22-16(26)11-25-8-6-12(7-9-25)18-23-24-19(28-18)15-5-2-10-27-15/h1-5,10,12H,6-9,11H2,(H,22,26). The fraction of sp³-hybridized carbons (Fsp3) is 0.316. The molecule has 7 nitrogen and oxygen atoms in total. The molecule has 1 amide bonds. The maximum absolute atomic E-state index is 12.3. The monoisotopic (exact) mass is 420 g/mol. The van der Waals surface area contributed by atoms with Gasteiger partial charge in [-0.15, -0.1) is 10.2 Å². The Balaban J connectivity index is 1.29. The highest BCUT2D eigenvalue weighted by atomic mass is 35.5. The van der Waals surface area contributed by atoms with Gasteiger partial charge in [0.05, 0.1) is 28.5 Å². The third-order valence-electron chi connectivity index (χ3n) is 4.70. The number of carbonyl (C=O) groups excluding carboxylic acids is 1. The van der Waals surface area contributed by atoms with E-state index in [1.165, 1.54) is 0 Å². The lowest BCUT2D eigenvalue weighted by molar-refractivity contribution is -0.117. The summed E-state index contributed by atoms with van der Waals surface area (Å²) in [5.41, 5.74) is 0.519. The first-order valence-corrected chi connectivity index (χ1v) is 9.69. The van der Waals surface area contributed by atoms with Gasteiger partial charge in [-0.1, -0.05) is 29.3 Å². The summed E-state index contributed by atoms with van der Waals surface area (Å²) in [6.07, 6.45) is 3.25. The Morgan fingerprint density at radius 2 is 2.00 bits per heavy atom. The number of hydrogen-bond acceptors (Lipinski definition) is 6. The third-order valence-corrected chi connectivity index (χ3v) is 5.52. The summed E-state index contributed by atoms with van der Waals surface area (Å²) in [7, 11) is 0. The van der Waals surface area contributed by atoms with Crippen molar-refractivity contribution in [2.45, 2.75) is 18.8 Å². The minimum absolute atomic E-state index is 0.125. The average Bonchev–Trinajstić information content (AvgIpc) is 3.37. The number of piperidine rings is 1. The molecule has 0 bridgehead atoms. The van der Waals surface area contributed by atoms with Crippen LogP contribution in [0.25, 0.3) is 11.7 Å². The van der Waals surface area contributed by atoms with Gasteiger partial charge in [-0.2, -0.15) is 0 Å². The highest BCUT2D eigenvalue weighted by molar-refractivity contribution is 6.44. The minimum atomic E-state index is -0.125. The number of anilines is 1. The number of halogens is 2. The zero-order valence-corrected chi connectivity index (χ0v) is 16.4. The Morgan fingerprint density at radius 1 is 1.18 bits per heavy atom.